The van der Waals surface area contributed by atoms with Crippen LogP contribution in [0, 0.1) is 0 Å². The van der Waals surface area contributed by atoms with Gasteiger partial charge >= 0.3 is 0 Å². The molecule has 4 aromatic rings. The number of ether oxygens (including phenoxy) is 1. The number of pyridine rings is 1. The zero-order chi connectivity index (χ0) is 21.4. The molecule has 5 rings (SSSR count). The summed E-state index contributed by atoms with van der Waals surface area (Å²) in [4.78, 5) is 15.5. The number of nitrogens with zero attached hydrogens (tertiary/aromatic N) is 1. The molecule has 3 aromatic carbocycles. The summed E-state index contributed by atoms with van der Waals surface area (Å²) in [6, 6.07) is 23.9. The van der Waals surface area contributed by atoms with Gasteiger partial charge in [0, 0.05) is 29.6 Å². The third kappa shape index (κ3) is 3.53. The molecule has 1 aliphatic rings. The van der Waals surface area contributed by atoms with Crippen molar-refractivity contribution >= 4 is 16.7 Å². The summed E-state index contributed by atoms with van der Waals surface area (Å²) in [5.41, 5.74) is 16.3. The average Bonchev–Trinajstić information content (AvgIpc) is 3.23. The minimum absolute atomic E-state index is 0.101. The molecule has 0 radical (unpaired) electrons. The van der Waals surface area contributed by atoms with Crippen LogP contribution in [0.3, 0.4) is 0 Å². The Balaban J connectivity index is 1.50. The van der Waals surface area contributed by atoms with Crippen molar-refractivity contribution in [3.8, 4) is 11.6 Å². The molecule has 0 spiro atoms. The van der Waals surface area contributed by atoms with Crippen molar-refractivity contribution < 1.29 is 9.53 Å². The number of aryl methyl sites for hydroxylation is 1. The van der Waals surface area contributed by atoms with Crippen LogP contribution >= 0.6 is 0 Å². The van der Waals surface area contributed by atoms with E-state index in [0.29, 0.717) is 23.1 Å². The molecular weight excluding hydrogens is 386 g/mol. The molecule has 5 nitrogen and oxygen atoms in total. The van der Waals surface area contributed by atoms with Crippen molar-refractivity contribution in [1.82, 2.24) is 4.98 Å². The third-order valence-corrected chi connectivity index (χ3v) is 6.13. The van der Waals surface area contributed by atoms with E-state index in [0.717, 1.165) is 29.2 Å². The number of nitrogens with two attached hydrogens (primary N) is 2. The van der Waals surface area contributed by atoms with Crippen LogP contribution in [0.25, 0.3) is 10.8 Å². The number of carbonyl (C=O) groups excluding carboxylic acids is 1. The number of fused-ring (bicyclic) bond motifs is 2. The third-order valence-electron chi connectivity index (χ3n) is 6.13. The van der Waals surface area contributed by atoms with Crippen LogP contribution in [0.1, 0.15) is 45.4 Å². The first-order valence-electron chi connectivity index (χ1n) is 10.4. The predicted octanol–water partition coefficient (Wildman–Crippen LogP) is 4.86. The molecule has 1 aliphatic carbocycles. The van der Waals surface area contributed by atoms with Gasteiger partial charge in [0.1, 0.15) is 5.75 Å². The molecule has 4 N–H and O–H groups in total. The number of hydrogen-bond acceptors (Lipinski definition) is 4. The lowest BCUT2D eigenvalue weighted by Crippen LogP contribution is -2.18. The van der Waals surface area contributed by atoms with Gasteiger partial charge in [0.15, 0.2) is 0 Å². The Kier molecular flexibility index (Phi) is 4.88. The fourth-order valence-electron chi connectivity index (χ4n) is 4.55. The van der Waals surface area contributed by atoms with Gasteiger partial charge < -0.3 is 16.2 Å². The highest BCUT2D eigenvalue weighted by atomic mass is 16.5. The number of carbonyl (C=O) groups is 1. The first-order chi connectivity index (χ1) is 15.1. The van der Waals surface area contributed by atoms with Gasteiger partial charge in [0.05, 0.1) is 5.56 Å². The van der Waals surface area contributed by atoms with Gasteiger partial charge in [-0.05, 0) is 47.1 Å². The number of hydrogen-bond donors (Lipinski definition) is 2. The van der Waals surface area contributed by atoms with E-state index in [-0.39, 0.29) is 6.04 Å². The summed E-state index contributed by atoms with van der Waals surface area (Å²) in [6.45, 7) is 0. The van der Waals surface area contributed by atoms with Crippen LogP contribution in [0.4, 0.5) is 0 Å². The summed E-state index contributed by atoms with van der Waals surface area (Å²) in [6.07, 6.45) is 3.55. The Labute approximate surface area is 180 Å². The van der Waals surface area contributed by atoms with Crippen molar-refractivity contribution in [3.63, 3.8) is 0 Å². The molecule has 1 heterocycles. The Bertz CT molecular complexity index is 1270. The van der Waals surface area contributed by atoms with Crippen LogP contribution in [-0.2, 0) is 6.42 Å². The highest BCUT2D eigenvalue weighted by Crippen LogP contribution is 2.43. The van der Waals surface area contributed by atoms with E-state index in [1.165, 1.54) is 17.3 Å². The quantitative estimate of drug-likeness (QED) is 0.493. The number of benzene rings is 3. The highest BCUT2D eigenvalue weighted by Gasteiger charge is 2.29. The summed E-state index contributed by atoms with van der Waals surface area (Å²) in [7, 11) is 0. The van der Waals surface area contributed by atoms with Gasteiger partial charge in [0.2, 0.25) is 11.8 Å². The van der Waals surface area contributed by atoms with Crippen LogP contribution < -0.4 is 16.2 Å². The predicted molar refractivity (Wildman–Crippen MR) is 121 cm³/mol. The molecular formula is C26H23N3O2. The molecule has 154 valence electrons. The SMILES string of the molecule is NC(=O)c1ccc(Oc2ccc([C@@H](N)C3CCc4ccccc43)c3ccccc23)nc1. The number of aromatic nitrogens is 1. The summed E-state index contributed by atoms with van der Waals surface area (Å²) < 4.78 is 6.04. The van der Waals surface area contributed by atoms with E-state index < -0.39 is 5.91 Å². The molecule has 1 amide bonds. The summed E-state index contributed by atoms with van der Waals surface area (Å²) >= 11 is 0. The van der Waals surface area contributed by atoms with Gasteiger partial charge in [0.25, 0.3) is 0 Å². The van der Waals surface area contributed by atoms with E-state index in [9.17, 15) is 4.79 Å². The van der Waals surface area contributed by atoms with E-state index in [2.05, 4.69) is 41.4 Å². The second-order valence-corrected chi connectivity index (χ2v) is 7.92. The molecule has 0 saturated heterocycles. The van der Waals surface area contributed by atoms with Crippen molar-refractivity contribution in [1.29, 1.82) is 0 Å². The molecule has 0 aliphatic heterocycles. The lowest BCUT2D eigenvalue weighted by Gasteiger charge is -2.23. The largest absolute Gasteiger partial charge is 0.438 e. The van der Waals surface area contributed by atoms with E-state index >= 15 is 0 Å². The van der Waals surface area contributed by atoms with Crippen LogP contribution in [0.5, 0.6) is 11.6 Å². The van der Waals surface area contributed by atoms with Crippen molar-refractivity contribution in [2.75, 3.05) is 0 Å². The summed E-state index contributed by atoms with van der Waals surface area (Å²) in [5.74, 6) is 0.875. The topological polar surface area (TPSA) is 91.2 Å². The monoisotopic (exact) mass is 409 g/mol. The van der Waals surface area contributed by atoms with Crippen molar-refractivity contribution in [2.45, 2.75) is 24.8 Å². The van der Waals surface area contributed by atoms with E-state index in [4.69, 9.17) is 16.2 Å². The fourth-order valence-corrected chi connectivity index (χ4v) is 4.55. The average molecular weight is 409 g/mol. The number of primary amides is 1. The number of amides is 1. The second-order valence-electron chi connectivity index (χ2n) is 7.92. The Hall–Kier alpha value is -3.70. The normalized spacial score (nSPS) is 16.1. The maximum absolute atomic E-state index is 11.3. The smallest absolute Gasteiger partial charge is 0.250 e. The maximum Gasteiger partial charge on any atom is 0.250 e. The highest BCUT2D eigenvalue weighted by molar-refractivity contribution is 5.93. The first kappa shape index (κ1) is 19.3. The molecule has 31 heavy (non-hydrogen) atoms. The summed E-state index contributed by atoms with van der Waals surface area (Å²) in [5, 5.41) is 2.05. The fraction of sp³-hybridized carbons (Fsp3) is 0.154. The van der Waals surface area contributed by atoms with Gasteiger partial charge in [-0.1, -0.05) is 54.6 Å². The zero-order valence-electron chi connectivity index (χ0n) is 17.0. The van der Waals surface area contributed by atoms with Crippen molar-refractivity contribution in [2.24, 2.45) is 11.5 Å². The lowest BCUT2D eigenvalue weighted by molar-refractivity contribution is 0.1000. The van der Waals surface area contributed by atoms with Gasteiger partial charge in [-0.25, -0.2) is 4.98 Å². The van der Waals surface area contributed by atoms with Crippen LogP contribution in [0.15, 0.2) is 79.0 Å². The number of rotatable bonds is 5. The first-order valence-corrected chi connectivity index (χ1v) is 10.4. The molecule has 1 unspecified atom stereocenters. The molecule has 1 aromatic heterocycles. The van der Waals surface area contributed by atoms with Crippen LogP contribution in [-0.4, -0.2) is 10.9 Å². The van der Waals surface area contributed by atoms with Gasteiger partial charge in [-0.3, -0.25) is 4.79 Å². The Morgan fingerprint density at radius 1 is 0.968 bits per heavy atom. The Morgan fingerprint density at radius 2 is 1.74 bits per heavy atom. The standard InChI is InChI=1S/C26H23N3O2/c27-25(21-11-9-16-5-1-2-6-18(16)21)22-12-13-23(20-8-4-3-7-19(20)22)31-24-14-10-17(15-29-24)26(28)30/h1-8,10,12-15,21,25H,9,11,27H2,(H2,28,30)/t21?,25-/m0/s1. The van der Waals surface area contributed by atoms with Gasteiger partial charge in [-0.2, -0.15) is 0 Å². The lowest BCUT2D eigenvalue weighted by atomic mass is 9.86. The van der Waals surface area contributed by atoms with Gasteiger partial charge in [-0.15, -0.1) is 0 Å². The maximum atomic E-state index is 11.3. The van der Waals surface area contributed by atoms with E-state index in [1.54, 1.807) is 12.1 Å². The molecule has 5 heteroatoms. The molecule has 0 saturated carbocycles. The molecule has 2 atom stereocenters. The zero-order valence-corrected chi connectivity index (χ0v) is 17.0. The van der Waals surface area contributed by atoms with Crippen molar-refractivity contribution in [3.05, 3.63) is 101 Å². The van der Waals surface area contributed by atoms with E-state index in [1.807, 2.05) is 24.3 Å². The Morgan fingerprint density at radius 3 is 2.52 bits per heavy atom. The molecule has 0 bridgehead atoms. The van der Waals surface area contributed by atoms with Crippen LogP contribution in [0.2, 0.25) is 0 Å². The second kappa shape index (κ2) is 7.85. The minimum Gasteiger partial charge on any atom is -0.438 e. The molecule has 0 fully saturated rings. The minimum atomic E-state index is -0.517.